The van der Waals surface area contributed by atoms with Gasteiger partial charge in [-0.05, 0) is 49.0 Å². The zero-order chi connectivity index (χ0) is 19.6. The summed E-state index contributed by atoms with van der Waals surface area (Å²) in [4.78, 5) is 14.4. The van der Waals surface area contributed by atoms with E-state index in [0.717, 1.165) is 11.3 Å². The van der Waals surface area contributed by atoms with E-state index in [1.54, 1.807) is 39.5 Å². The molecule has 0 aliphatic carbocycles. The Hall–Kier alpha value is -3.06. The van der Waals surface area contributed by atoms with Crippen LogP contribution >= 0.6 is 12.2 Å². The van der Waals surface area contributed by atoms with Crippen LogP contribution in [0.3, 0.4) is 0 Å². The molecule has 0 saturated carbocycles. The Balaban J connectivity index is 2.01. The zero-order valence-electron chi connectivity index (χ0n) is 15.5. The molecular weight excluding hydrogens is 364 g/mol. The fourth-order valence-electron chi connectivity index (χ4n) is 2.86. The largest absolute Gasteiger partial charge is 0.496 e. The smallest absolute Gasteiger partial charge is 0.281 e. The first kappa shape index (κ1) is 18.7. The first-order valence-corrected chi connectivity index (χ1v) is 8.63. The minimum atomic E-state index is -0.234. The third kappa shape index (κ3) is 3.59. The highest BCUT2D eigenvalue weighted by atomic mass is 32.1. The number of carbonyl (C=O) groups excluding carboxylic acids is 1. The molecular formula is C20H20N2O4S. The summed E-state index contributed by atoms with van der Waals surface area (Å²) in [6, 6.07) is 11.1. The molecule has 140 valence electrons. The lowest BCUT2D eigenvalue weighted by molar-refractivity contribution is -0.113. The topological polar surface area (TPSA) is 60.0 Å². The molecule has 0 unspecified atom stereocenters. The molecule has 0 bridgehead atoms. The Morgan fingerprint density at radius 3 is 2.30 bits per heavy atom. The van der Waals surface area contributed by atoms with Crippen molar-refractivity contribution in [2.75, 3.05) is 26.2 Å². The van der Waals surface area contributed by atoms with Crippen LogP contribution in [0, 0.1) is 6.92 Å². The lowest BCUT2D eigenvalue weighted by Gasteiger charge is -2.14. The summed E-state index contributed by atoms with van der Waals surface area (Å²) in [5, 5.41) is 3.31. The van der Waals surface area contributed by atoms with Crippen molar-refractivity contribution in [1.29, 1.82) is 0 Å². The molecule has 27 heavy (non-hydrogen) atoms. The molecule has 2 aromatic carbocycles. The standard InChI is InChI=1S/C20H20N2O4S/c1-12-6-5-7-14(8-12)22-19(23)15(21-20(22)27)9-13-10-17(25-3)18(26-4)11-16(13)24-2/h5-11H,1-4H3,(H,21,27)/b15-9+. The molecule has 7 heteroatoms. The van der Waals surface area contributed by atoms with Crippen molar-refractivity contribution >= 4 is 35.0 Å². The normalized spacial score (nSPS) is 15.1. The maximum Gasteiger partial charge on any atom is 0.281 e. The van der Waals surface area contributed by atoms with E-state index in [-0.39, 0.29) is 5.91 Å². The van der Waals surface area contributed by atoms with E-state index >= 15 is 0 Å². The predicted octanol–water partition coefficient (Wildman–Crippen LogP) is 3.28. The van der Waals surface area contributed by atoms with Crippen LogP contribution in [-0.2, 0) is 4.79 Å². The van der Waals surface area contributed by atoms with Gasteiger partial charge >= 0.3 is 0 Å². The molecule has 1 fully saturated rings. The Morgan fingerprint density at radius 1 is 1.00 bits per heavy atom. The van der Waals surface area contributed by atoms with E-state index in [4.69, 9.17) is 26.4 Å². The number of ether oxygens (including phenoxy) is 3. The van der Waals surface area contributed by atoms with Gasteiger partial charge in [0.1, 0.15) is 11.4 Å². The monoisotopic (exact) mass is 384 g/mol. The number of rotatable bonds is 5. The van der Waals surface area contributed by atoms with Crippen LogP contribution in [0.2, 0.25) is 0 Å². The quantitative estimate of drug-likeness (QED) is 0.631. The van der Waals surface area contributed by atoms with Crippen LogP contribution in [0.15, 0.2) is 42.1 Å². The van der Waals surface area contributed by atoms with Gasteiger partial charge in [-0.2, -0.15) is 0 Å². The van der Waals surface area contributed by atoms with Gasteiger partial charge in [0, 0.05) is 11.6 Å². The van der Waals surface area contributed by atoms with Crippen molar-refractivity contribution in [2.24, 2.45) is 0 Å². The summed E-state index contributed by atoms with van der Waals surface area (Å²) >= 11 is 5.36. The molecule has 1 N–H and O–H groups in total. The molecule has 1 aliphatic heterocycles. The first-order chi connectivity index (χ1) is 13.0. The van der Waals surface area contributed by atoms with Gasteiger partial charge in [-0.3, -0.25) is 9.69 Å². The summed E-state index contributed by atoms with van der Waals surface area (Å²) in [6.07, 6.45) is 1.69. The highest BCUT2D eigenvalue weighted by molar-refractivity contribution is 7.80. The fraction of sp³-hybridized carbons (Fsp3) is 0.200. The van der Waals surface area contributed by atoms with Crippen LogP contribution in [-0.4, -0.2) is 32.3 Å². The Morgan fingerprint density at radius 2 is 1.67 bits per heavy atom. The van der Waals surface area contributed by atoms with Gasteiger partial charge in [0.05, 0.1) is 27.0 Å². The number of nitrogens with one attached hydrogen (secondary N) is 1. The van der Waals surface area contributed by atoms with Gasteiger partial charge in [0.25, 0.3) is 5.91 Å². The maximum atomic E-state index is 12.9. The average Bonchev–Trinajstić information content (AvgIpc) is 2.94. The zero-order valence-corrected chi connectivity index (χ0v) is 16.3. The number of methoxy groups -OCH3 is 3. The van der Waals surface area contributed by atoms with E-state index in [1.807, 2.05) is 31.2 Å². The summed E-state index contributed by atoms with van der Waals surface area (Å²) < 4.78 is 16.1. The van der Waals surface area contributed by atoms with Gasteiger partial charge in [-0.15, -0.1) is 0 Å². The lowest BCUT2D eigenvalue weighted by Crippen LogP contribution is -2.30. The minimum absolute atomic E-state index is 0.234. The second-order valence-corrected chi connectivity index (χ2v) is 6.30. The Labute approximate surface area is 163 Å². The van der Waals surface area contributed by atoms with Gasteiger partial charge in [0.2, 0.25) is 0 Å². The van der Waals surface area contributed by atoms with E-state index < -0.39 is 0 Å². The second kappa shape index (κ2) is 7.67. The number of hydrogen-bond donors (Lipinski definition) is 1. The Bertz CT molecular complexity index is 940. The molecule has 0 aromatic heterocycles. The SMILES string of the molecule is COc1cc(OC)c(OC)cc1/C=C1/NC(=S)N(c2cccc(C)c2)C1=O. The van der Waals surface area contributed by atoms with E-state index in [1.165, 1.54) is 4.90 Å². The molecule has 1 aliphatic rings. The van der Waals surface area contributed by atoms with Crippen molar-refractivity contribution in [3.8, 4) is 17.2 Å². The number of nitrogens with zero attached hydrogens (tertiary/aromatic N) is 1. The molecule has 0 atom stereocenters. The van der Waals surface area contributed by atoms with Gasteiger partial charge in [-0.1, -0.05) is 12.1 Å². The number of carbonyl (C=O) groups is 1. The number of amides is 1. The highest BCUT2D eigenvalue weighted by Gasteiger charge is 2.32. The third-order valence-electron chi connectivity index (χ3n) is 4.17. The summed E-state index contributed by atoms with van der Waals surface area (Å²) in [5.41, 5.74) is 2.79. The van der Waals surface area contributed by atoms with Crippen LogP contribution in [0.5, 0.6) is 17.2 Å². The van der Waals surface area contributed by atoms with E-state index in [9.17, 15) is 4.79 Å². The maximum absolute atomic E-state index is 12.9. The number of anilines is 1. The molecule has 0 radical (unpaired) electrons. The van der Waals surface area contributed by atoms with E-state index in [0.29, 0.717) is 33.6 Å². The molecule has 6 nitrogen and oxygen atoms in total. The molecule has 1 saturated heterocycles. The lowest BCUT2D eigenvalue weighted by atomic mass is 10.1. The van der Waals surface area contributed by atoms with Gasteiger partial charge < -0.3 is 19.5 Å². The number of aryl methyl sites for hydroxylation is 1. The van der Waals surface area contributed by atoms with Crippen molar-refractivity contribution in [1.82, 2.24) is 5.32 Å². The van der Waals surface area contributed by atoms with Crippen molar-refractivity contribution in [3.63, 3.8) is 0 Å². The Kier molecular flexibility index (Phi) is 5.32. The number of benzene rings is 2. The average molecular weight is 384 g/mol. The second-order valence-electron chi connectivity index (χ2n) is 5.92. The molecule has 2 aromatic rings. The predicted molar refractivity (Wildman–Crippen MR) is 108 cm³/mol. The van der Waals surface area contributed by atoms with Crippen LogP contribution in [0.4, 0.5) is 5.69 Å². The summed E-state index contributed by atoms with van der Waals surface area (Å²) in [6.45, 7) is 1.96. The number of hydrogen-bond acceptors (Lipinski definition) is 5. The van der Waals surface area contributed by atoms with Crippen molar-refractivity contribution in [2.45, 2.75) is 6.92 Å². The van der Waals surface area contributed by atoms with Crippen molar-refractivity contribution < 1.29 is 19.0 Å². The molecule has 1 amide bonds. The first-order valence-electron chi connectivity index (χ1n) is 8.22. The highest BCUT2D eigenvalue weighted by Crippen LogP contribution is 2.36. The van der Waals surface area contributed by atoms with Gasteiger partial charge in [-0.25, -0.2) is 0 Å². The molecule has 1 heterocycles. The molecule has 0 spiro atoms. The van der Waals surface area contributed by atoms with E-state index in [2.05, 4.69) is 5.32 Å². The van der Waals surface area contributed by atoms with Crippen LogP contribution < -0.4 is 24.4 Å². The third-order valence-corrected chi connectivity index (χ3v) is 4.46. The molecule has 3 rings (SSSR count). The fourth-order valence-corrected chi connectivity index (χ4v) is 3.16. The summed E-state index contributed by atoms with van der Waals surface area (Å²) in [7, 11) is 4.65. The summed E-state index contributed by atoms with van der Waals surface area (Å²) in [5.74, 6) is 1.39. The van der Waals surface area contributed by atoms with Crippen molar-refractivity contribution in [3.05, 3.63) is 53.2 Å². The minimum Gasteiger partial charge on any atom is -0.496 e. The van der Waals surface area contributed by atoms with Gasteiger partial charge in [0.15, 0.2) is 16.6 Å². The van der Waals surface area contributed by atoms with Crippen LogP contribution in [0.1, 0.15) is 11.1 Å². The van der Waals surface area contributed by atoms with Crippen LogP contribution in [0.25, 0.3) is 6.08 Å². The number of thiocarbonyl (C=S) groups is 1.